The number of nitrogens with zero attached hydrogens (tertiary/aromatic N) is 1. The number of nitrogens with one attached hydrogen (secondary N) is 1. The Kier molecular flexibility index (Phi) is 1.48. The molecule has 0 aliphatic heterocycles. The highest BCUT2D eigenvalue weighted by atomic mass is 16.4. The maximum absolute atomic E-state index is 9.90. The Bertz CT molecular complexity index is 193. The van der Waals surface area contributed by atoms with Crippen LogP contribution >= 0.6 is 0 Å². The van der Waals surface area contributed by atoms with Crippen LogP contribution in [-0.2, 0) is 16.3 Å². The first kappa shape index (κ1) is 5.81. The van der Waals surface area contributed by atoms with Crippen LogP contribution in [0.2, 0.25) is 0 Å². The third kappa shape index (κ3) is 1.56. The fourth-order valence-electron chi connectivity index (χ4n) is 0.531. The SMILES string of the molecule is [O]C(=O)Cc1ncc[nH]1. The van der Waals surface area contributed by atoms with Gasteiger partial charge in [-0.2, -0.15) is 0 Å². The summed E-state index contributed by atoms with van der Waals surface area (Å²) >= 11 is 0. The molecule has 1 heterocycles. The van der Waals surface area contributed by atoms with Gasteiger partial charge in [-0.3, -0.25) is 0 Å². The largest absolute Gasteiger partial charge is 0.363 e. The van der Waals surface area contributed by atoms with Crippen LogP contribution in [0.15, 0.2) is 12.4 Å². The lowest BCUT2D eigenvalue weighted by atomic mass is 10.4. The molecule has 4 nitrogen and oxygen atoms in total. The molecule has 0 bridgehead atoms. The zero-order valence-electron chi connectivity index (χ0n) is 4.63. The fourth-order valence-corrected chi connectivity index (χ4v) is 0.531. The molecule has 1 N–H and O–H groups in total. The van der Waals surface area contributed by atoms with Crippen LogP contribution in [0.25, 0.3) is 0 Å². The Morgan fingerprint density at radius 1 is 1.78 bits per heavy atom. The van der Waals surface area contributed by atoms with E-state index in [-0.39, 0.29) is 6.42 Å². The average Bonchev–Trinajstić information content (AvgIpc) is 2.15. The minimum atomic E-state index is -1.12. The minimum Gasteiger partial charge on any atom is -0.348 e. The summed E-state index contributed by atoms with van der Waals surface area (Å²) in [6, 6.07) is 0. The van der Waals surface area contributed by atoms with Gasteiger partial charge in [-0.25, -0.2) is 14.9 Å². The zero-order chi connectivity index (χ0) is 6.69. The van der Waals surface area contributed by atoms with Crippen LogP contribution in [0, 0.1) is 0 Å². The molecule has 0 atom stereocenters. The van der Waals surface area contributed by atoms with E-state index in [1.165, 1.54) is 6.20 Å². The van der Waals surface area contributed by atoms with Crippen molar-refractivity contribution in [2.45, 2.75) is 6.42 Å². The van der Waals surface area contributed by atoms with Crippen LogP contribution in [0.3, 0.4) is 0 Å². The molecule has 1 aromatic rings. The molecular weight excluding hydrogens is 120 g/mol. The van der Waals surface area contributed by atoms with Crippen molar-refractivity contribution in [1.29, 1.82) is 0 Å². The van der Waals surface area contributed by atoms with Crippen molar-refractivity contribution in [3.8, 4) is 0 Å². The normalized spacial score (nSPS) is 9.33. The summed E-state index contributed by atoms with van der Waals surface area (Å²) < 4.78 is 0. The van der Waals surface area contributed by atoms with E-state index >= 15 is 0 Å². The second-order valence-electron chi connectivity index (χ2n) is 1.58. The summed E-state index contributed by atoms with van der Waals surface area (Å²) in [6.45, 7) is 0. The van der Waals surface area contributed by atoms with Crippen molar-refractivity contribution in [1.82, 2.24) is 9.97 Å². The molecule has 0 unspecified atom stereocenters. The molecule has 0 saturated heterocycles. The Hall–Kier alpha value is -1.32. The quantitative estimate of drug-likeness (QED) is 0.600. The van der Waals surface area contributed by atoms with E-state index in [1.807, 2.05) is 0 Å². The highest BCUT2D eigenvalue weighted by Gasteiger charge is 2.02. The highest BCUT2D eigenvalue weighted by molar-refractivity contribution is 5.68. The third-order valence-corrected chi connectivity index (χ3v) is 0.867. The molecule has 47 valence electrons. The first-order valence-electron chi connectivity index (χ1n) is 2.47. The molecular formula is C5H5N2O2. The summed E-state index contributed by atoms with van der Waals surface area (Å²) in [5.74, 6) is -0.694. The number of carbonyl (C=O) groups is 1. The van der Waals surface area contributed by atoms with Gasteiger partial charge in [0.1, 0.15) is 12.2 Å². The number of rotatable bonds is 2. The van der Waals surface area contributed by atoms with Crippen LogP contribution < -0.4 is 0 Å². The molecule has 0 aromatic carbocycles. The second-order valence-corrected chi connectivity index (χ2v) is 1.58. The molecule has 1 rings (SSSR count). The van der Waals surface area contributed by atoms with E-state index in [4.69, 9.17) is 0 Å². The van der Waals surface area contributed by atoms with Crippen molar-refractivity contribution < 1.29 is 9.90 Å². The van der Waals surface area contributed by atoms with Gasteiger partial charge in [0.15, 0.2) is 0 Å². The molecule has 0 spiro atoms. The Morgan fingerprint density at radius 3 is 3.00 bits per heavy atom. The topological polar surface area (TPSA) is 65.7 Å². The Morgan fingerprint density at radius 2 is 2.56 bits per heavy atom. The van der Waals surface area contributed by atoms with Gasteiger partial charge in [0.25, 0.3) is 0 Å². The number of H-pyrrole nitrogens is 1. The fraction of sp³-hybridized carbons (Fsp3) is 0.200. The lowest BCUT2D eigenvalue weighted by Crippen LogP contribution is -1.99. The number of aromatic nitrogens is 2. The van der Waals surface area contributed by atoms with Crippen molar-refractivity contribution in [2.75, 3.05) is 0 Å². The van der Waals surface area contributed by atoms with E-state index in [0.29, 0.717) is 5.82 Å². The van der Waals surface area contributed by atoms with Gasteiger partial charge in [0, 0.05) is 12.4 Å². The molecule has 0 amide bonds. The smallest absolute Gasteiger partial charge is 0.348 e. The van der Waals surface area contributed by atoms with Crippen LogP contribution in [0.5, 0.6) is 0 Å². The molecule has 0 aliphatic carbocycles. The van der Waals surface area contributed by atoms with Crippen molar-refractivity contribution in [2.24, 2.45) is 0 Å². The summed E-state index contributed by atoms with van der Waals surface area (Å²) in [5.41, 5.74) is 0. The molecule has 0 saturated carbocycles. The first-order chi connectivity index (χ1) is 4.29. The second kappa shape index (κ2) is 2.30. The van der Waals surface area contributed by atoms with Gasteiger partial charge in [-0.15, -0.1) is 0 Å². The summed E-state index contributed by atoms with van der Waals surface area (Å²) in [4.78, 5) is 16.2. The highest BCUT2D eigenvalue weighted by Crippen LogP contribution is 1.88. The summed E-state index contributed by atoms with van der Waals surface area (Å²) in [5, 5.41) is 9.90. The number of hydrogen-bond donors (Lipinski definition) is 1. The van der Waals surface area contributed by atoms with Gasteiger partial charge in [-0.1, -0.05) is 0 Å². The van der Waals surface area contributed by atoms with E-state index in [9.17, 15) is 9.90 Å². The van der Waals surface area contributed by atoms with E-state index in [0.717, 1.165) is 0 Å². The number of hydrogen-bond acceptors (Lipinski definition) is 2. The Balaban J connectivity index is 2.58. The molecule has 0 aliphatic rings. The van der Waals surface area contributed by atoms with Crippen LogP contribution in [-0.4, -0.2) is 15.9 Å². The van der Waals surface area contributed by atoms with Crippen molar-refractivity contribution >= 4 is 5.97 Å². The van der Waals surface area contributed by atoms with Crippen molar-refractivity contribution in [3.63, 3.8) is 0 Å². The van der Waals surface area contributed by atoms with E-state index < -0.39 is 5.97 Å². The minimum absolute atomic E-state index is 0.146. The van der Waals surface area contributed by atoms with Gasteiger partial charge in [0.2, 0.25) is 0 Å². The molecule has 4 heteroatoms. The van der Waals surface area contributed by atoms with Gasteiger partial charge >= 0.3 is 5.97 Å². The maximum atomic E-state index is 9.90. The summed E-state index contributed by atoms with van der Waals surface area (Å²) in [6.07, 6.45) is 2.92. The van der Waals surface area contributed by atoms with Crippen LogP contribution in [0.4, 0.5) is 0 Å². The first-order valence-corrected chi connectivity index (χ1v) is 2.47. The van der Waals surface area contributed by atoms with Crippen molar-refractivity contribution in [3.05, 3.63) is 18.2 Å². The molecule has 1 radical (unpaired) electrons. The van der Waals surface area contributed by atoms with E-state index in [2.05, 4.69) is 9.97 Å². The average molecular weight is 125 g/mol. The maximum Gasteiger partial charge on any atom is 0.363 e. The van der Waals surface area contributed by atoms with E-state index in [1.54, 1.807) is 6.20 Å². The van der Waals surface area contributed by atoms with Gasteiger partial charge in [-0.05, 0) is 0 Å². The van der Waals surface area contributed by atoms with Crippen LogP contribution in [0.1, 0.15) is 5.82 Å². The Labute approximate surface area is 51.5 Å². The number of imidazole rings is 1. The lowest BCUT2D eigenvalue weighted by molar-refractivity contribution is -0.142. The standard InChI is InChI=1S/C5H5N2O2/c8-5(9)3-4-6-1-2-7-4/h1-2H,3H2,(H,6,7). The number of carbonyl (C=O) groups excluding carboxylic acids is 1. The molecule has 0 fully saturated rings. The number of aromatic amines is 1. The molecule has 1 aromatic heterocycles. The third-order valence-electron chi connectivity index (χ3n) is 0.867. The predicted octanol–water partition coefficient (Wildman–Crippen LogP) is -0.0907. The monoisotopic (exact) mass is 125 g/mol. The molecule has 9 heavy (non-hydrogen) atoms. The lowest BCUT2D eigenvalue weighted by Gasteiger charge is -1.82. The zero-order valence-corrected chi connectivity index (χ0v) is 4.63. The summed E-state index contributed by atoms with van der Waals surface area (Å²) in [7, 11) is 0. The van der Waals surface area contributed by atoms with Gasteiger partial charge < -0.3 is 4.98 Å². The predicted molar refractivity (Wildman–Crippen MR) is 28.0 cm³/mol. The van der Waals surface area contributed by atoms with Gasteiger partial charge in [0.05, 0.1) is 0 Å².